The van der Waals surface area contributed by atoms with Crippen LogP contribution in [0.4, 0.5) is 5.69 Å². The van der Waals surface area contributed by atoms with Gasteiger partial charge in [-0.25, -0.2) is 9.78 Å². The quantitative estimate of drug-likeness (QED) is 0.659. The van der Waals surface area contributed by atoms with Gasteiger partial charge in [-0.1, -0.05) is 18.2 Å². The Labute approximate surface area is 168 Å². The number of nitrogens with one attached hydrogen (secondary N) is 1. The highest BCUT2D eigenvalue weighted by atomic mass is 16.5. The second-order valence-corrected chi connectivity index (χ2v) is 7.24. The second-order valence-electron chi connectivity index (χ2n) is 7.24. The van der Waals surface area contributed by atoms with Gasteiger partial charge in [0.2, 0.25) is 0 Å². The maximum absolute atomic E-state index is 12.2. The van der Waals surface area contributed by atoms with E-state index in [0.29, 0.717) is 22.6 Å². The number of aliphatic hydroxyl groups excluding tert-OH is 1. The normalized spacial score (nSPS) is 14.3. The van der Waals surface area contributed by atoms with Crippen LogP contribution in [-0.2, 0) is 11.8 Å². The van der Waals surface area contributed by atoms with Crippen LogP contribution >= 0.6 is 0 Å². The van der Waals surface area contributed by atoms with Crippen molar-refractivity contribution in [3.05, 3.63) is 65.7 Å². The number of carbonyl (C=O) groups is 1. The number of nitrogens with zero attached hydrogens (tertiary/aromatic N) is 3. The van der Waals surface area contributed by atoms with E-state index in [4.69, 9.17) is 10.1 Å². The summed E-state index contributed by atoms with van der Waals surface area (Å²) in [4.78, 5) is 18.5. The van der Waals surface area contributed by atoms with Crippen molar-refractivity contribution in [3.8, 4) is 0 Å². The number of fused-ring (bicyclic) bond motifs is 1. The summed E-state index contributed by atoms with van der Waals surface area (Å²) in [5.41, 5.74) is 3.15. The average molecular weight is 390 g/mol. The van der Waals surface area contributed by atoms with Crippen LogP contribution in [0.25, 0.3) is 16.6 Å². The molecule has 0 radical (unpaired) electrons. The summed E-state index contributed by atoms with van der Waals surface area (Å²) in [5, 5.41) is 19.3. The predicted octanol–water partition coefficient (Wildman–Crippen LogP) is 3.91. The molecule has 0 amide bonds. The molecule has 0 aliphatic carbocycles. The summed E-state index contributed by atoms with van der Waals surface area (Å²) in [6, 6.07) is 14.6. The van der Waals surface area contributed by atoms with Crippen molar-refractivity contribution >= 4 is 34.1 Å². The van der Waals surface area contributed by atoms with E-state index in [1.807, 2.05) is 35.9 Å². The lowest BCUT2D eigenvalue weighted by Crippen LogP contribution is -2.26. The number of aromatic nitrogens is 2. The summed E-state index contributed by atoms with van der Waals surface area (Å²) in [5.74, 6) is 0.325. The SMILES string of the molecule is CC(C)OC(=O)c1cccc(N2CC(O)=C(c3nc4ccccc4n3C)C2=N)c1. The van der Waals surface area contributed by atoms with Gasteiger partial charge in [0.05, 0.1) is 34.8 Å². The zero-order chi connectivity index (χ0) is 20.7. The van der Waals surface area contributed by atoms with Gasteiger partial charge in [-0.2, -0.15) is 0 Å². The number of rotatable bonds is 4. The molecule has 7 nitrogen and oxygen atoms in total. The topological polar surface area (TPSA) is 91.4 Å². The van der Waals surface area contributed by atoms with Gasteiger partial charge in [0.25, 0.3) is 0 Å². The monoisotopic (exact) mass is 390 g/mol. The molecule has 1 aliphatic heterocycles. The molecule has 0 unspecified atom stereocenters. The molecule has 0 spiro atoms. The van der Waals surface area contributed by atoms with Gasteiger partial charge in [-0.3, -0.25) is 5.41 Å². The lowest BCUT2D eigenvalue weighted by atomic mass is 10.2. The fourth-order valence-electron chi connectivity index (χ4n) is 3.49. The molecule has 7 heteroatoms. The fraction of sp³-hybridized carbons (Fsp3) is 0.227. The molecule has 0 saturated carbocycles. The number of hydrogen-bond acceptors (Lipinski definition) is 5. The molecular formula is C22H22N4O3. The Balaban J connectivity index is 1.67. The summed E-state index contributed by atoms with van der Waals surface area (Å²) >= 11 is 0. The molecule has 0 bridgehead atoms. The number of imidazole rings is 1. The number of benzene rings is 2. The molecule has 0 atom stereocenters. The molecule has 2 N–H and O–H groups in total. The molecule has 29 heavy (non-hydrogen) atoms. The highest BCUT2D eigenvalue weighted by Crippen LogP contribution is 2.32. The van der Waals surface area contributed by atoms with E-state index in [0.717, 1.165) is 11.0 Å². The number of carbonyl (C=O) groups excluding carboxylic acids is 1. The molecule has 1 aromatic heterocycles. The molecule has 148 valence electrons. The fourth-order valence-corrected chi connectivity index (χ4v) is 3.49. The highest BCUT2D eigenvalue weighted by molar-refractivity contribution is 6.30. The molecule has 0 fully saturated rings. The van der Waals surface area contributed by atoms with Crippen LogP contribution in [0.3, 0.4) is 0 Å². The smallest absolute Gasteiger partial charge is 0.338 e. The van der Waals surface area contributed by atoms with Crippen molar-refractivity contribution < 1.29 is 14.6 Å². The van der Waals surface area contributed by atoms with E-state index in [1.165, 1.54) is 0 Å². The Morgan fingerprint density at radius 1 is 1.21 bits per heavy atom. The number of aryl methyl sites for hydroxylation is 1. The number of ether oxygens (including phenoxy) is 1. The van der Waals surface area contributed by atoms with Crippen molar-refractivity contribution in [2.24, 2.45) is 7.05 Å². The first-order valence-corrected chi connectivity index (χ1v) is 9.38. The number of hydrogen-bond donors (Lipinski definition) is 2. The van der Waals surface area contributed by atoms with E-state index in [-0.39, 0.29) is 24.2 Å². The lowest BCUT2D eigenvalue weighted by molar-refractivity contribution is 0.0378. The minimum Gasteiger partial charge on any atom is -0.509 e. The third-order valence-electron chi connectivity index (χ3n) is 4.85. The predicted molar refractivity (Wildman–Crippen MR) is 112 cm³/mol. The number of aliphatic hydroxyl groups is 1. The second kappa shape index (κ2) is 7.09. The van der Waals surface area contributed by atoms with Gasteiger partial charge in [0.1, 0.15) is 17.4 Å². The third-order valence-corrected chi connectivity index (χ3v) is 4.85. The Morgan fingerprint density at radius 3 is 2.69 bits per heavy atom. The zero-order valence-electron chi connectivity index (χ0n) is 16.5. The Morgan fingerprint density at radius 2 is 1.97 bits per heavy atom. The molecule has 0 saturated heterocycles. The first-order valence-electron chi connectivity index (χ1n) is 9.38. The molecule has 4 rings (SSSR count). The Kier molecular flexibility index (Phi) is 4.58. The number of esters is 1. The molecular weight excluding hydrogens is 368 g/mol. The van der Waals surface area contributed by atoms with Crippen LogP contribution in [0.1, 0.15) is 30.0 Å². The first-order chi connectivity index (χ1) is 13.9. The molecule has 1 aliphatic rings. The van der Waals surface area contributed by atoms with Crippen LogP contribution in [0.5, 0.6) is 0 Å². The van der Waals surface area contributed by atoms with Crippen molar-refractivity contribution in [1.82, 2.24) is 9.55 Å². The maximum atomic E-state index is 12.2. The van der Waals surface area contributed by atoms with E-state index >= 15 is 0 Å². The lowest BCUT2D eigenvalue weighted by Gasteiger charge is -2.19. The largest absolute Gasteiger partial charge is 0.509 e. The van der Waals surface area contributed by atoms with Crippen LogP contribution in [0, 0.1) is 5.41 Å². The first kappa shape index (κ1) is 18.7. The van der Waals surface area contributed by atoms with E-state index in [2.05, 4.69) is 4.98 Å². The van der Waals surface area contributed by atoms with Gasteiger partial charge in [-0.05, 0) is 44.2 Å². The summed E-state index contributed by atoms with van der Waals surface area (Å²) in [6.07, 6.45) is -0.217. The van der Waals surface area contributed by atoms with E-state index in [9.17, 15) is 9.90 Å². The van der Waals surface area contributed by atoms with Crippen molar-refractivity contribution in [3.63, 3.8) is 0 Å². The third kappa shape index (κ3) is 3.24. The van der Waals surface area contributed by atoms with Gasteiger partial charge in [-0.15, -0.1) is 0 Å². The summed E-state index contributed by atoms with van der Waals surface area (Å²) in [6.45, 7) is 3.73. The highest BCUT2D eigenvalue weighted by Gasteiger charge is 2.32. The Hall–Kier alpha value is -3.61. The molecule has 3 aromatic rings. The van der Waals surface area contributed by atoms with Gasteiger partial charge < -0.3 is 19.3 Å². The van der Waals surface area contributed by atoms with Crippen LogP contribution in [-0.4, -0.2) is 39.1 Å². The van der Waals surface area contributed by atoms with E-state index < -0.39 is 5.97 Å². The van der Waals surface area contributed by atoms with Gasteiger partial charge in [0, 0.05) is 12.7 Å². The minimum absolute atomic E-state index is 0.0727. The number of anilines is 1. The maximum Gasteiger partial charge on any atom is 0.338 e. The average Bonchev–Trinajstić information content (AvgIpc) is 3.17. The van der Waals surface area contributed by atoms with E-state index in [1.54, 1.807) is 43.0 Å². The summed E-state index contributed by atoms with van der Waals surface area (Å²) in [7, 11) is 1.86. The van der Waals surface area contributed by atoms with Crippen LogP contribution < -0.4 is 4.90 Å². The Bertz CT molecular complexity index is 1160. The number of para-hydroxylation sites is 2. The molecule has 2 aromatic carbocycles. The van der Waals surface area contributed by atoms with Crippen LogP contribution in [0.2, 0.25) is 0 Å². The van der Waals surface area contributed by atoms with Crippen LogP contribution in [0.15, 0.2) is 54.3 Å². The number of amidine groups is 1. The summed E-state index contributed by atoms with van der Waals surface area (Å²) < 4.78 is 7.13. The standard InChI is InChI=1S/C22H22N4O3/c1-13(2)29-22(28)14-7-6-8-15(11-14)26-12-18(27)19(20(26)23)21-24-16-9-4-5-10-17(16)25(21)3/h4-11,13,23,27H,12H2,1-3H3. The molecule has 2 heterocycles. The van der Waals surface area contributed by atoms with Gasteiger partial charge >= 0.3 is 5.97 Å². The van der Waals surface area contributed by atoms with Crippen molar-refractivity contribution in [2.45, 2.75) is 20.0 Å². The van der Waals surface area contributed by atoms with Crippen molar-refractivity contribution in [1.29, 1.82) is 5.41 Å². The zero-order valence-corrected chi connectivity index (χ0v) is 16.5. The van der Waals surface area contributed by atoms with Crippen molar-refractivity contribution in [2.75, 3.05) is 11.4 Å². The van der Waals surface area contributed by atoms with Gasteiger partial charge in [0.15, 0.2) is 0 Å². The minimum atomic E-state index is -0.416.